The molecule has 1 amide bonds. The molecule has 1 unspecified atom stereocenters. The van der Waals surface area contributed by atoms with Crippen molar-refractivity contribution in [2.45, 2.75) is 84.7 Å². The second kappa shape index (κ2) is 9.28. The first kappa shape index (κ1) is 22.9. The summed E-state index contributed by atoms with van der Waals surface area (Å²) in [5.41, 5.74) is 5.83. The Hall–Kier alpha value is -2.31. The molecular formula is C26H37NO4Si. The molecule has 174 valence electrons. The lowest BCUT2D eigenvalue weighted by molar-refractivity contribution is 0.151. The van der Waals surface area contributed by atoms with Gasteiger partial charge in [0.1, 0.15) is 18.5 Å². The summed E-state index contributed by atoms with van der Waals surface area (Å²) in [7, 11) is -2.09. The van der Waals surface area contributed by atoms with Gasteiger partial charge in [0.25, 0.3) is 8.32 Å². The first-order valence-corrected chi connectivity index (χ1v) is 13.6. The fourth-order valence-electron chi connectivity index (χ4n) is 5.38. The predicted octanol–water partition coefficient (Wildman–Crippen LogP) is 7.00. The highest BCUT2D eigenvalue weighted by molar-refractivity contribution is 6.78. The first-order valence-electron chi connectivity index (χ1n) is 11.9. The van der Waals surface area contributed by atoms with Crippen molar-refractivity contribution in [2.75, 3.05) is 5.32 Å². The van der Waals surface area contributed by atoms with Gasteiger partial charge in [0.05, 0.1) is 7.06 Å². The van der Waals surface area contributed by atoms with Crippen LogP contribution in [0, 0.1) is 13.8 Å². The van der Waals surface area contributed by atoms with E-state index in [9.17, 15) is 9.90 Å². The van der Waals surface area contributed by atoms with Gasteiger partial charge in [0, 0.05) is 5.56 Å². The number of fused-ring (bicyclic) bond motifs is 1. The Morgan fingerprint density at radius 3 is 2.16 bits per heavy atom. The van der Waals surface area contributed by atoms with Crippen LogP contribution in [0.5, 0.6) is 5.75 Å². The highest BCUT2D eigenvalue weighted by Crippen LogP contribution is 2.43. The summed E-state index contributed by atoms with van der Waals surface area (Å²) >= 11 is 0. The van der Waals surface area contributed by atoms with Gasteiger partial charge in [0.15, 0.2) is 0 Å². The minimum atomic E-state index is -2.09. The molecule has 32 heavy (non-hydrogen) atoms. The third-order valence-corrected chi connectivity index (χ3v) is 12.8. The summed E-state index contributed by atoms with van der Waals surface area (Å²) in [4.78, 5) is 11.5. The highest BCUT2D eigenvalue weighted by Gasteiger charge is 2.47. The molecule has 0 spiro atoms. The predicted molar refractivity (Wildman–Crippen MR) is 132 cm³/mol. The quantitative estimate of drug-likeness (QED) is 0.440. The van der Waals surface area contributed by atoms with Gasteiger partial charge in [-0.1, -0.05) is 47.6 Å². The van der Waals surface area contributed by atoms with E-state index in [1.807, 2.05) is 26.0 Å². The largest absolute Gasteiger partial charge is 0.543 e. The van der Waals surface area contributed by atoms with E-state index < -0.39 is 20.5 Å². The monoisotopic (exact) mass is 456 g/mol. The van der Waals surface area contributed by atoms with E-state index in [2.05, 4.69) is 46.9 Å². The summed E-state index contributed by atoms with van der Waals surface area (Å²) in [5.74, 6) is 0.858. The first-order chi connectivity index (χ1) is 15.4. The Balaban J connectivity index is 1.99. The minimum Gasteiger partial charge on any atom is -0.543 e. The molecule has 0 radical (unpaired) electrons. The standard InChI is InChI=1S/C26H37NO4Si/c1-15(2)32(16(3)4,17(5)6)31-22-11-18(7)24(19(8)12-22)25(28)20-9-10-23-21(13-20)14-30-26(29)27-23/h9-13,15-17,25,28H,14H2,1-8H3,(H,27,29)/i9D. The molecule has 1 aliphatic rings. The second-order valence-electron chi connectivity index (χ2n) is 9.82. The number of anilines is 1. The van der Waals surface area contributed by atoms with Gasteiger partial charge < -0.3 is 14.3 Å². The minimum absolute atomic E-state index is 0.123. The van der Waals surface area contributed by atoms with Crippen LogP contribution in [0.25, 0.3) is 0 Å². The lowest BCUT2D eigenvalue weighted by atomic mass is 9.92. The zero-order valence-corrected chi connectivity index (χ0v) is 21.5. The number of carbonyl (C=O) groups excluding carboxylic acids is 1. The number of benzene rings is 2. The average Bonchev–Trinajstić information content (AvgIpc) is 2.69. The number of rotatable bonds is 7. The van der Waals surface area contributed by atoms with Crippen molar-refractivity contribution in [3.8, 4) is 5.75 Å². The molecule has 1 aliphatic heterocycles. The third-order valence-electron chi connectivity index (χ3n) is 6.79. The molecule has 5 nitrogen and oxygen atoms in total. The Kier molecular flexibility index (Phi) is 6.63. The number of carbonyl (C=O) groups is 1. The highest BCUT2D eigenvalue weighted by atomic mass is 28.4. The van der Waals surface area contributed by atoms with E-state index in [1.54, 1.807) is 12.1 Å². The Morgan fingerprint density at radius 1 is 1.06 bits per heavy atom. The fourth-order valence-corrected chi connectivity index (χ4v) is 10.6. The van der Waals surface area contributed by atoms with Crippen molar-refractivity contribution in [2.24, 2.45) is 0 Å². The maximum absolute atomic E-state index is 11.5. The van der Waals surface area contributed by atoms with Crippen molar-refractivity contribution in [3.05, 3.63) is 58.1 Å². The van der Waals surface area contributed by atoms with Crippen molar-refractivity contribution in [1.82, 2.24) is 0 Å². The zero-order chi connectivity index (χ0) is 24.7. The zero-order valence-electron chi connectivity index (χ0n) is 21.5. The van der Waals surface area contributed by atoms with E-state index >= 15 is 0 Å². The molecule has 0 aliphatic carbocycles. The van der Waals surface area contributed by atoms with E-state index in [4.69, 9.17) is 10.5 Å². The number of hydrogen-bond acceptors (Lipinski definition) is 4. The van der Waals surface area contributed by atoms with Crippen LogP contribution in [0.4, 0.5) is 10.5 Å². The van der Waals surface area contributed by atoms with Crippen LogP contribution in [0.2, 0.25) is 16.6 Å². The molecule has 2 aromatic carbocycles. The Morgan fingerprint density at radius 2 is 1.62 bits per heavy atom. The SMILES string of the molecule is [2H]c1cc2c(cc1C(O)c1c(C)cc(O[Si](C(C)C)(C(C)C)C(C)C)cc1C)COC(=O)N2. The maximum atomic E-state index is 11.5. The number of amides is 1. The summed E-state index contributed by atoms with van der Waals surface area (Å²) in [6.45, 7) is 17.7. The van der Waals surface area contributed by atoms with E-state index in [0.717, 1.165) is 28.0 Å². The summed E-state index contributed by atoms with van der Waals surface area (Å²) < 4.78 is 20.3. The van der Waals surface area contributed by atoms with Crippen LogP contribution < -0.4 is 9.74 Å². The fraction of sp³-hybridized carbons (Fsp3) is 0.500. The van der Waals surface area contributed by atoms with Gasteiger partial charge in [-0.25, -0.2) is 4.79 Å². The van der Waals surface area contributed by atoms with Gasteiger partial charge in [-0.05, 0) is 77.0 Å². The summed E-state index contributed by atoms with van der Waals surface area (Å²) in [6, 6.07) is 7.54. The molecule has 2 N–H and O–H groups in total. The number of ether oxygens (including phenoxy) is 1. The lowest BCUT2D eigenvalue weighted by Gasteiger charge is -2.42. The smallest absolute Gasteiger partial charge is 0.411 e. The normalized spacial score (nSPS) is 15.4. The molecule has 2 aromatic rings. The number of cyclic esters (lactones) is 1. The molecule has 0 fully saturated rings. The number of nitrogens with one attached hydrogen (secondary N) is 1. The molecule has 0 saturated carbocycles. The van der Waals surface area contributed by atoms with Crippen molar-refractivity contribution >= 4 is 20.1 Å². The maximum Gasteiger partial charge on any atom is 0.411 e. The topological polar surface area (TPSA) is 67.8 Å². The lowest BCUT2D eigenvalue weighted by Crippen LogP contribution is -2.50. The second-order valence-corrected chi connectivity index (χ2v) is 15.2. The average molecular weight is 457 g/mol. The van der Waals surface area contributed by atoms with Crippen LogP contribution in [-0.2, 0) is 11.3 Å². The van der Waals surface area contributed by atoms with Gasteiger partial charge in [-0.3, -0.25) is 5.32 Å². The molecule has 0 bridgehead atoms. The Labute approximate surface area is 194 Å². The van der Waals surface area contributed by atoms with Gasteiger partial charge in [-0.15, -0.1) is 0 Å². The number of aliphatic hydroxyl groups excluding tert-OH is 1. The number of aliphatic hydroxyl groups is 1. The Bertz CT molecular complexity index is 1010. The van der Waals surface area contributed by atoms with Gasteiger partial charge >= 0.3 is 6.09 Å². The molecular weight excluding hydrogens is 418 g/mol. The van der Waals surface area contributed by atoms with Gasteiger partial charge in [-0.2, -0.15) is 0 Å². The van der Waals surface area contributed by atoms with Gasteiger partial charge in [0.2, 0.25) is 0 Å². The number of aryl methyl sites for hydroxylation is 2. The van der Waals surface area contributed by atoms with Crippen LogP contribution in [0.3, 0.4) is 0 Å². The van der Waals surface area contributed by atoms with Crippen molar-refractivity contribution in [1.29, 1.82) is 0 Å². The third kappa shape index (κ3) is 4.43. The van der Waals surface area contributed by atoms with Crippen LogP contribution in [-0.4, -0.2) is 19.5 Å². The molecule has 0 aromatic heterocycles. The summed E-state index contributed by atoms with van der Waals surface area (Å²) in [6.07, 6.45) is -1.49. The molecule has 3 rings (SSSR count). The van der Waals surface area contributed by atoms with Crippen molar-refractivity contribution in [3.63, 3.8) is 0 Å². The van der Waals surface area contributed by atoms with Crippen LogP contribution in [0.15, 0.2) is 30.3 Å². The van der Waals surface area contributed by atoms with E-state index in [0.29, 0.717) is 27.9 Å². The molecule has 0 saturated heterocycles. The molecule has 1 heterocycles. The van der Waals surface area contributed by atoms with Crippen LogP contribution >= 0.6 is 0 Å². The summed E-state index contributed by atoms with van der Waals surface area (Å²) in [5, 5.41) is 13.9. The number of hydrogen-bond donors (Lipinski definition) is 2. The van der Waals surface area contributed by atoms with E-state index in [-0.39, 0.29) is 12.6 Å². The molecule has 1 atom stereocenters. The van der Waals surface area contributed by atoms with Crippen molar-refractivity contribution < 1.29 is 20.4 Å². The molecule has 6 heteroatoms. The van der Waals surface area contributed by atoms with Crippen LogP contribution in [0.1, 0.15) is 76.8 Å². The van der Waals surface area contributed by atoms with E-state index in [1.165, 1.54) is 0 Å².